The Morgan fingerprint density at radius 2 is 2.42 bits per heavy atom. The SMILES string of the molecule is COC(C)(C)CC1COC(=O)N1. The maximum atomic E-state index is 10.7. The van der Waals surface area contributed by atoms with E-state index >= 15 is 0 Å². The van der Waals surface area contributed by atoms with Crippen molar-refractivity contribution in [3.63, 3.8) is 0 Å². The summed E-state index contributed by atoms with van der Waals surface area (Å²) in [7, 11) is 1.66. The number of amides is 1. The van der Waals surface area contributed by atoms with Crippen molar-refractivity contribution in [1.29, 1.82) is 0 Å². The van der Waals surface area contributed by atoms with Crippen LogP contribution >= 0.6 is 0 Å². The van der Waals surface area contributed by atoms with Crippen LogP contribution in [0.4, 0.5) is 4.79 Å². The Labute approximate surface area is 72.2 Å². The molecule has 0 aromatic heterocycles. The summed E-state index contributed by atoms with van der Waals surface area (Å²) in [6.45, 7) is 4.42. The second-order valence-electron chi connectivity index (χ2n) is 3.61. The molecule has 1 rings (SSSR count). The molecule has 4 nitrogen and oxygen atoms in total. The van der Waals surface area contributed by atoms with Crippen LogP contribution in [0.3, 0.4) is 0 Å². The van der Waals surface area contributed by atoms with Gasteiger partial charge in [0.2, 0.25) is 0 Å². The van der Waals surface area contributed by atoms with E-state index in [4.69, 9.17) is 9.47 Å². The summed E-state index contributed by atoms with van der Waals surface area (Å²) in [6, 6.07) is 0.0902. The first-order chi connectivity index (χ1) is 5.53. The normalized spacial score (nSPS) is 23.6. The average Bonchev–Trinajstić information content (AvgIpc) is 2.35. The molecule has 1 aliphatic rings. The molecule has 1 saturated heterocycles. The van der Waals surface area contributed by atoms with Crippen LogP contribution in [0.15, 0.2) is 0 Å². The lowest BCUT2D eigenvalue weighted by Gasteiger charge is -2.24. The number of nitrogens with one attached hydrogen (secondary N) is 1. The van der Waals surface area contributed by atoms with Crippen LogP contribution in [0.1, 0.15) is 20.3 Å². The summed E-state index contributed by atoms with van der Waals surface area (Å²) in [5.74, 6) is 0. The van der Waals surface area contributed by atoms with Gasteiger partial charge in [-0.05, 0) is 20.3 Å². The highest BCUT2D eigenvalue weighted by molar-refractivity contribution is 5.69. The molecule has 1 fully saturated rings. The summed E-state index contributed by atoms with van der Waals surface area (Å²) >= 11 is 0. The lowest BCUT2D eigenvalue weighted by Crippen LogP contribution is -2.36. The largest absolute Gasteiger partial charge is 0.447 e. The predicted octanol–water partition coefficient (Wildman–Crippen LogP) is 0.910. The number of hydrogen-bond donors (Lipinski definition) is 1. The summed E-state index contributed by atoms with van der Waals surface area (Å²) in [5, 5.41) is 2.70. The van der Waals surface area contributed by atoms with Gasteiger partial charge < -0.3 is 14.8 Å². The van der Waals surface area contributed by atoms with Crippen molar-refractivity contribution in [3.8, 4) is 0 Å². The van der Waals surface area contributed by atoms with Crippen molar-refractivity contribution in [1.82, 2.24) is 5.32 Å². The highest BCUT2D eigenvalue weighted by Gasteiger charge is 2.29. The van der Waals surface area contributed by atoms with Gasteiger partial charge in [0.25, 0.3) is 0 Å². The van der Waals surface area contributed by atoms with Crippen molar-refractivity contribution in [2.75, 3.05) is 13.7 Å². The molecule has 1 aliphatic heterocycles. The van der Waals surface area contributed by atoms with Gasteiger partial charge in [0.05, 0.1) is 11.6 Å². The number of rotatable bonds is 3. The third kappa shape index (κ3) is 2.37. The maximum absolute atomic E-state index is 10.7. The average molecular weight is 173 g/mol. The van der Waals surface area contributed by atoms with Crippen LogP contribution in [0, 0.1) is 0 Å². The number of ether oxygens (including phenoxy) is 2. The maximum Gasteiger partial charge on any atom is 0.407 e. The number of cyclic esters (lactones) is 1. The Hall–Kier alpha value is -0.770. The summed E-state index contributed by atoms with van der Waals surface area (Å²) in [5.41, 5.74) is -0.203. The van der Waals surface area contributed by atoms with E-state index < -0.39 is 0 Å². The second-order valence-corrected chi connectivity index (χ2v) is 3.61. The van der Waals surface area contributed by atoms with Gasteiger partial charge in [-0.2, -0.15) is 0 Å². The third-order valence-electron chi connectivity index (χ3n) is 2.03. The molecule has 70 valence electrons. The Balaban J connectivity index is 2.36. The Morgan fingerprint density at radius 1 is 1.75 bits per heavy atom. The third-order valence-corrected chi connectivity index (χ3v) is 2.03. The summed E-state index contributed by atoms with van der Waals surface area (Å²) in [6.07, 6.45) is 0.446. The molecule has 1 N–H and O–H groups in total. The molecule has 1 unspecified atom stereocenters. The standard InChI is InChI=1S/C8H15NO3/c1-8(2,11-3)4-6-5-12-7(10)9-6/h6H,4-5H2,1-3H3,(H,9,10). The molecule has 1 amide bonds. The molecule has 0 aliphatic carbocycles. The second kappa shape index (κ2) is 3.31. The molecule has 12 heavy (non-hydrogen) atoms. The monoisotopic (exact) mass is 173 g/mol. The predicted molar refractivity (Wildman–Crippen MR) is 44.0 cm³/mol. The Bertz CT molecular complexity index is 179. The van der Waals surface area contributed by atoms with Crippen LogP contribution < -0.4 is 5.32 Å². The Kier molecular flexibility index (Phi) is 2.57. The molecule has 0 aromatic carbocycles. The van der Waals surface area contributed by atoms with Crippen LogP contribution in [-0.2, 0) is 9.47 Å². The topological polar surface area (TPSA) is 47.6 Å². The van der Waals surface area contributed by atoms with Crippen molar-refractivity contribution in [2.24, 2.45) is 0 Å². The summed E-state index contributed by atoms with van der Waals surface area (Å²) < 4.78 is 9.98. The van der Waals surface area contributed by atoms with Crippen molar-refractivity contribution in [3.05, 3.63) is 0 Å². The van der Waals surface area contributed by atoms with Crippen LogP contribution in [-0.4, -0.2) is 31.5 Å². The fourth-order valence-electron chi connectivity index (χ4n) is 1.21. The summed E-state index contributed by atoms with van der Waals surface area (Å²) in [4.78, 5) is 10.7. The molecule has 1 atom stereocenters. The number of carbonyl (C=O) groups is 1. The number of hydrogen-bond acceptors (Lipinski definition) is 3. The first-order valence-corrected chi connectivity index (χ1v) is 4.02. The Morgan fingerprint density at radius 3 is 2.83 bits per heavy atom. The van der Waals surface area contributed by atoms with Gasteiger partial charge in [0.15, 0.2) is 0 Å². The van der Waals surface area contributed by atoms with E-state index in [2.05, 4.69) is 5.32 Å². The van der Waals surface area contributed by atoms with E-state index in [1.807, 2.05) is 13.8 Å². The van der Waals surface area contributed by atoms with Gasteiger partial charge in [-0.15, -0.1) is 0 Å². The molecule has 4 heteroatoms. The molecule has 0 spiro atoms. The highest BCUT2D eigenvalue weighted by atomic mass is 16.6. The van der Waals surface area contributed by atoms with Crippen molar-refractivity contribution >= 4 is 6.09 Å². The van der Waals surface area contributed by atoms with Gasteiger partial charge >= 0.3 is 6.09 Å². The van der Waals surface area contributed by atoms with Crippen molar-refractivity contribution < 1.29 is 14.3 Å². The van der Waals surface area contributed by atoms with Crippen LogP contribution in [0.25, 0.3) is 0 Å². The fourth-order valence-corrected chi connectivity index (χ4v) is 1.21. The van der Waals surface area contributed by atoms with E-state index in [1.165, 1.54) is 0 Å². The molecule has 0 radical (unpaired) electrons. The minimum absolute atomic E-state index is 0.0902. The van der Waals surface area contributed by atoms with E-state index in [1.54, 1.807) is 7.11 Å². The van der Waals surface area contributed by atoms with E-state index in [9.17, 15) is 4.79 Å². The number of carbonyl (C=O) groups excluding carboxylic acids is 1. The number of alkyl carbamates (subject to hydrolysis) is 1. The van der Waals surface area contributed by atoms with Gasteiger partial charge in [-0.25, -0.2) is 4.79 Å². The van der Waals surface area contributed by atoms with E-state index in [0.29, 0.717) is 6.61 Å². The smallest absolute Gasteiger partial charge is 0.407 e. The van der Waals surface area contributed by atoms with Crippen molar-refractivity contribution in [2.45, 2.75) is 31.9 Å². The van der Waals surface area contributed by atoms with E-state index in [0.717, 1.165) is 6.42 Å². The van der Waals surface area contributed by atoms with E-state index in [-0.39, 0.29) is 17.7 Å². The highest BCUT2D eigenvalue weighted by Crippen LogP contribution is 2.17. The van der Waals surface area contributed by atoms with Gasteiger partial charge in [-0.3, -0.25) is 0 Å². The molecular weight excluding hydrogens is 158 g/mol. The molecular formula is C8H15NO3. The quantitative estimate of drug-likeness (QED) is 0.690. The first kappa shape index (κ1) is 9.32. The zero-order valence-corrected chi connectivity index (χ0v) is 7.72. The lowest BCUT2D eigenvalue weighted by atomic mass is 10.00. The molecule has 0 saturated carbocycles. The fraction of sp³-hybridized carbons (Fsp3) is 0.875. The molecule has 0 aromatic rings. The minimum atomic E-state index is -0.327. The van der Waals surface area contributed by atoms with Crippen LogP contribution in [0.2, 0.25) is 0 Å². The zero-order valence-electron chi connectivity index (χ0n) is 7.72. The number of methoxy groups -OCH3 is 1. The minimum Gasteiger partial charge on any atom is -0.447 e. The first-order valence-electron chi connectivity index (χ1n) is 4.02. The van der Waals surface area contributed by atoms with Gasteiger partial charge in [0.1, 0.15) is 6.61 Å². The van der Waals surface area contributed by atoms with Gasteiger partial charge in [0, 0.05) is 7.11 Å². The lowest BCUT2D eigenvalue weighted by molar-refractivity contribution is 0.00781. The molecule has 1 heterocycles. The van der Waals surface area contributed by atoms with Crippen LogP contribution in [0.5, 0.6) is 0 Å². The zero-order chi connectivity index (χ0) is 9.19. The molecule has 0 bridgehead atoms. The van der Waals surface area contributed by atoms with Gasteiger partial charge in [-0.1, -0.05) is 0 Å².